The van der Waals surface area contributed by atoms with Crippen molar-refractivity contribution < 1.29 is 38.0 Å². The van der Waals surface area contributed by atoms with Crippen LogP contribution in [-0.2, 0) is 22.4 Å². The second kappa shape index (κ2) is 18.9. The van der Waals surface area contributed by atoms with E-state index in [2.05, 4.69) is 30.0 Å². The summed E-state index contributed by atoms with van der Waals surface area (Å²) in [5.41, 5.74) is 4.77. The van der Waals surface area contributed by atoms with E-state index in [1.807, 2.05) is 73.1 Å². The van der Waals surface area contributed by atoms with Gasteiger partial charge in [-0.15, -0.1) is 0 Å². The molecule has 2 heterocycles. The molecule has 0 aliphatic carbocycles. The summed E-state index contributed by atoms with van der Waals surface area (Å²) in [6.45, 7) is 5.14. The fourth-order valence-electron chi connectivity index (χ4n) is 6.55. The predicted molar refractivity (Wildman–Crippen MR) is 211 cm³/mol. The fraction of sp³-hybridized carbons (Fsp3) is 0.349. The van der Waals surface area contributed by atoms with Crippen molar-refractivity contribution in [1.82, 2.24) is 14.7 Å². The van der Waals surface area contributed by atoms with E-state index in [4.69, 9.17) is 28.4 Å². The number of fused-ring (bicyclic) bond motifs is 2. The van der Waals surface area contributed by atoms with Gasteiger partial charge in [-0.3, -0.25) is 14.5 Å². The third kappa shape index (κ3) is 9.64. The number of hydrogen-bond acceptors (Lipinski definition) is 9. The highest BCUT2D eigenvalue weighted by atomic mass is 16.5. The van der Waals surface area contributed by atoms with Crippen LogP contribution in [0.25, 0.3) is 12.2 Å². The standard InChI is InChI=1S/C43H51N3O8/c1-30(31-12-13-36(49-2)37(22-31)50-3)29-44(16-8-10-18-45-20-14-32-23-38(51-4)40(53-6)25-34(32)27-42(45)47)17-9-11-19-46-21-15-33-24-39(52-5)41(54-7)26-35(33)28-43(46)48/h8-15,20-26,30H,16-19,27-29H2,1-7H3/b10-8-,11-9-/t30-/m1/s1. The van der Waals surface area contributed by atoms with Crippen LogP contribution in [0.2, 0.25) is 0 Å². The van der Waals surface area contributed by atoms with Crippen molar-refractivity contribution in [2.45, 2.75) is 25.7 Å². The highest BCUT2D eigenvalue weighted by Gasteiger charge is 2.21. The third-order valence-corrected chi connectivity index (χ3v) is 9.66. The molecular weight excluding hydrogens is 686 g/mol. The Kier molecular flexibility index (Phi) is 13.8. The number of carbonyl (C=O) groups is 2. The third-order valence-electron chi connectivity index (χ3n) is 9.66. The Labute approximate surface area is 318 Å². The normalized spacial score (nSPS) is 14.6. The Morgan fingerprint density at radius 2 is 1.02 bits per heavy atom. The Hall–Kier alpha value is -5.68. The first-order chi connectivity index (χ1) is 26.2. The van der Waals surface area contributed by atoms with Gasteiger partial charge in [-0.2, -0.15) is 0 Å². The average molecular weight is 738 g/mol. The molecule has 0 N–H and O–H groups in total. The van der Waals surface area contributed by atoms with E-state index < -0.39 is 0 Å². The highest BCUT2D eigenvalue weighted by molar-refractivity contribution is 5.85. The van der Waals surface area contributed by atoms with Gasteiger partial charge in [0.2, 0.25) is 11.8 Å². The molecule has 0 radical (unpaired) electrons. The van der Waals surface area contributed by atoms with Gasteiger partial charge < -0.3 is 38.2 Å². The zero-order valence-electron chi connectivity index (χ0n) is 32.3. The maximum atomic E-state index is 13.2. The molecule has 5 rings (SSSR count). The monoisotopic (exact) mass is 737 g/mol. The van der Waals surface area contributed by atoms with Gasteiger partial charge in [0, 0.05) is 45.1 Å². The van der Waals surface area contributed by atoms with Crippen molar-refractivity contribution >= 4 is 24.0 Å². The molecule has 3 aromatic carbocycles. The van der Waals surface area contributed by atoms with Gasteiger partial charge in [0.05, 0.1) is 55.5 Å². The molecule has 0 saturated heterocycles. The van der Waals surface area contributed by atoms with E-state index in [-0.39, 0.29) is 30.6 Å². The summed E-state index contributed by atoms with van der Waals surface area (Å²) in [5.74, 6) is 4.01. The molecule has 11 heteroatoms. The molecule has 54 heavy (non-hydrogen) atoms. The maximum Gasteiger partial charge on any atom is 0.231 e. The predicted octanol–water partition coefficient (Wildman–Crippen LogP) is 6.37. The molecule has 0 unspecified atom stereocenters. The molecule has 1 atom stereocenters. The van der Waals surface area contributed by atoms with Crippen LogP contribution in [0.15, 0.2) is 79.2 Å². The molecule has 0 bridgehead atoms. The van der Waals surface area contributed by atoms with Gasteiger partial charge >= 0.3 is 0 Å². The molecular formula is C43H51N3O8. The lowest BCUT2D eigenvalue weighted by Gasteiger charge is -2.24. The van der Waals surface area contributed by atoms with Crippen molar-refractivity contribution in [2.75, 3.05) is 75.4 Å². The number of nitrogens with zero attached hydrogens (tertiary/aromatic N) is 3. The molecule has 0 saturated carbocycles. The molecule has 2 aliphatic heterocycles. The number of ether oxygens (including phenoxy) is 6. The summed E-state index contributed by atoms with van der Waals surface area (Å²) in [6.07, 6.45) is 16.3. The average Bonchev–Trinajstić information content (AvgIpc) is 3.44. The fourth-order valence-corrected chi connectivity index (χ4v) is 6.55. The van der Waals surface area contributed by atoms with Crippen LogP contribution in [0.4, 0.5) is 0 Å². The summed E-state index contributed by atoms with van der Waals surface area (Å²) < 4.78 is 32.8. The van der Waals surface area contributed by atoms with Crippen molar-refractivity contribution in [2.24, 2.45) is 0 Å². The second-order valence-electron chi connectivity index (χ2n) is 13.1. The lowest BCUT2D eigenvalue weighted by Crippen LogP contribution is -2.30. The van der Waals surface area contributed by atoms with Crippen molar-refractivity contribution in [1.29, 1.82) is 0 Å². The summed E-state index contributed by atoms with van der Waals surface area (Å²) in [7, 11) is 9.65. The largest absolute Gasteiger partial charge is 0.493 e. The summed E-state index contributed by atoms with van der Waals surface area (Å²) in [4.78, 5) is 32.2. The molecule has 0 aromatic heterocycles. The quantitative estimate of drug-likeness (QED) is 0.147. The van der Waals surface area contributed by atoms with E-state index in [1.165, 1.54) is 0 Å². The Bertz CT molecular complexity index is 1810. The van der Waals surface area contributed by atoms with E-state index >= 15 is 0 Å². The zero-order chi connectivity index (χ0) is 38.6. The lowest BCUT2D eigenvalue weighted by atomic mass is 10.00. The van der Waals surface area contributed by atoms with Gasteiger partial charge in [0.25, 0.3) is 0 Å². The molecule has 0 fully saturated rings. The minimum atomic E-state index is 0.00205. The summed E-state index contributed by atoms with van der Waals surface area (Å²) in [6, 6.07) is 13.6. The molecule has 3 aromatic rings. The van der Waals surface area contributed by atoms with Crippen LogP contribution >= 0.6 is 0 Å². The number of amides is 2. The topological polar surface area (TPSA) is 99.2 Å². The van der Waals surface area contributed by atoms with Crippen LogP contribution in [-0.4, -0.2) is 102 Å². The smallest absolute Gasteiger partial charge is 0.231 e. The zero-order valence-corrected chi connectivity index (χ0v) is 32.3. The van der Waals surface area contributed by atoms with Crippen LogP contribution < -0.4 is 28.4 Å². The number of hydrogen-bond donors (Lipinski definition) is 0. The van der Waals surface area contributed by atoms with Crippen LogP contribution in [0.1, 0.15) is 40.7 Å². The van der Waals surface area contributed by atoms with Crippen LogP contribution in [0.5, 0.6) is 34.5 Å². The van der Waals surface area contributed by atoms with Gasteiger partial charge in [-0.1, -0.05) is 37.3 Å². The molecule has 2 amide bonds. The first-order valence-electron chi connectivity index (χ1n) is 17.9. The molecule has 2 aliphatic rings. The number of benzene rings is 3. The van der Waals surface area contributed by atoms with E-state index in [0.29, 0.717) is 60.7 Å². The van der Waals surface area contributed by atoms with Crippen molar-refractivity contribution in [3.05, 3.63) is 107 Å². The highest BCUT2D eigenvalue weighted by Crippen LogP contribution is 2.34. The van der Waals surface area contributed by atoms with Crippen LogP contribution in [0, 0.1) is 0 Å². The first-order valence-corrected chi connectivity index (χ1v) is 17.9. The minimum absolute atomic E-state index is 0.00205. The van der Waals surface area contributed by atoms with Gasteiger partial charge in [-0.05, 0) is 82.3 Å². The Morgan fingerprint density at radius 1 is 0.593 bits per heavy atom. The SMILES string of the molecule is COc1ccc([C@H](C)CN(C/C=C\CN2C=Cc3cc(OC)c(OC)cc3CC2=O)C/C=C\CN2C=Cc3cc(OC)c(OC)cc3CC2=O)cc1OC. The summed E-state index contributed by atoms with van der Waals surface area (Å²) >= 11 is 0. The Morgan fingerprint density at radius 3 is 1.46 bits per heavy atom. The summed E-state index contributed by atoms with van der Waals surface area (Å²) in [5, 5.41) is 0. The number of carbonyl (C=O) groups excluding carboxylic acids is 2. The van der Waals surface area contributed by atoms with E-state index in [1.54, 1.807) is 52.5 Å². The first kappa shape index (κ1) is 39.5. The molecule has 0 spiro atoms. The van der Waals surface area contributed by atoms with E-state index in [9.17, 15) is 9.59 Å². The number of rotatable bonds is 17. The lowest BCUT2D eigenvalue weighted by molar-refractivity contribution is -0.128. The Balaban J connectivity index is 1.25. The van der Waals surface area contributed by atoms with Gasteiger partial charge in [-0.25, -0.2) is 0 Å². The van der Waals surface area contributed by atoms with Crippen molar-refractivity contribution in [3.8, 4) is 34.5 Å². The second-order valence-corrected chi connectivity index (χ2v) is 13.1. The molecule has 286 valence electrons. The van der Waals surface area contributed by atoms with E-state index in [0.717, 1.165) is 34.4 Å². The molecule has 11 nitrogen and oxygen atoms in total. The maximum absolute atomic E-state index is 13.2. The van der Waals surface area contributed by atoms with Crippen LogP contribution in [0.3, 0.4) is 0 Å². The van der Waals surface area contributed by atoms with Gasteiger partial charge in [0.15, 0.2) is 34.5 Å². The van der Waals surface area contributed by atoms with Crippen molar-refractivity contribution in [3.63, 3.8) is 0 Å². The minimum Gasteiger partial charge on any atom is -0.493 e. The van der Waals surface area contributed by atoms with Gasteiger partial charge in [0.1, 0.15) is 0 Å². The number of methoxy groups -OCH3 is 6.